The van der Waals surface area contributed by atoms with Crippen LogP contribution in [0.3, 0.4) is 0 Å². The van der Waals surface area contributed by atoms with E-state index in [9.17, 15) is 13.2 Å². The molecule has 2 aromatic rings. The lowest BCUT2D eigenvalue weighted by Gasteiger charge is -2.40. The summed E-state index contributed by atoms with van der Waals surface area (Å²) in [7, 11) is -3.65. The van der Waals surface area contributed by atoms with Crippen LogP contribution < -0.4 is 10.2 Å². The Bertz CT molecular complexity index is 1210. The fourth-order valence-corrected chi connectivity index (χ4v) is 6.73. The van der Waals surface area contributed by atoms with Gasteiger partial charge in [0, 0.05) is 48.2 Å². The second-order valence-corrected chi connectivity index (χ2v) is 11.0. The highest BCUT2D eigenvalue weighted by Gasteiger charge is 2.35. The molecule has 0 bridgehead atoms. The molecule has 1 amide bonds. The Morgan fingerprint density at radius 1 is 1.03 bits per heavy atom. The number of aryl methyl sites for hydroxylation is 1. The minimum Gasteiger partial charge on any atom is -0.366 e. The van der Waals surface area contributed by atoms with Crippen LogP contribution in [0.1, 0.15) is 43.7 Å². The number of carbonyl (C=O) groups excluding carboxylic acids is 1. The van der Waals surface area contributed by atoms with Crippen LogP contribution >= 0.6 is 0 Å². The number of amides is 1. The molecule has 0 unspecified atom stereocenters. The predicted octanol–water partition coefficient (Wildman–Crippen LogP) is 4.17. The zero-order valence-corrected chi connectivity index (χ0v) is 19.4. The normalized spacial score (nSPS) is 21.8. The number of rotatable bonds is 3. The Morgan fingerprint density at radius 2 is 1.81 bits per heavy atom. The van der Waals surface area contributed by atoms with Crippen molar-refractivity contribution < 1.29 is 13.2 Å². The van der Waals surface area contributed by atoms with Gasteiger partial charge in [-0.05, 0) is 75.4 Å². The number of nitrogens with one attached hydrogen (secondary N) is 1. The number of sulfonamides is 1. The lowest BCUT2D eigenvalue weighted by atomic mass is 10.00. The van der Waals surface area contributed by atoms with Gasteiger partial charge in [-0.3, -0.25) is 4.79 Å². The first-order valence-electron chi connectivity index (χ1n) is 11.4. The number of carbonyl (C=O) groups is 1. The van der Waals surface area contributed by atoms with E-state index in [1.54, 1.807) is 22.5 Å². The van der Waals surface area contributed by atoms with Crippen molar-refractivity contribution in [1.82, 2.24) is 4.31 Å². The number of allylic oxidation sites excluding steroid dienone is 1. The van der Waals surface area contributed by atoms with Crippen molar-refractivity contribution >= 4 is 32.9 Å². The second kappa shape index (κ2) is 8.05. The monoisotopic (exact) mass is 451 g/mol. The summed E-state index contributed by atoms with van der Waals surface area (Å²) in [6.45, 7) is 5.64. The molecule has 1 aliphatic carbocycles. The summed E-state index contributed by atoms with van der Waals surface area (Å²) in [5.74, 6) is -0.105. The second-order valence-electron chi connectivity index (χ2n) is 9.09. The highest BCUT2D eigenvalue weighted by molar-refractivity contribution is 7.89. The number of benzene rings is 2. The van der Waals surface area contributed by atoms with E-state index >= 15 is 0 Å². The van der Waals surface area contributed by atoms with E-state index in [-0.39, 0.29) is 16.8 Å². The average molecular weight is 452 g/mol. The molecule has 32 heavy (non-hydrogen) atoms. The minimum atomic E-state index is -3.65. The molecule has 2 aliphatic heterocycles. The van der Waals surface area contributed by atoms with E-state index in [4.69, 9.17) is 0 Å². The molecule has 0 spiro atoms. The molecular formula is C25H29N3O3S. The van der Waals surface area contributed by atoms with E-state index < -0.39 is 10.0 Å². The minimum absolute atomic E-state index is 0.0640. The Labute approximate surface area is 190 Å². The fraction of sp³-hybridized carbons (Fsp3) is 0.400. The van der Waals surface area contributed by atoms with Crippen molar-refractivity contribution in [2.24, 2.45) is 0 Å². The van der Waals surface area contributed by atoms with Gasteiger partial charge in [-0.1, -0.05) is 17.7 Å². The number of hydrogen-bond acceptors (Lipinski definition) is 4. The quantitative estimate of drug-likeness (QED) is 0.711. The molecule has 6 nitrogen and oxygen atoms in total. The van der Waals surface area contributed by atoms with Crippen LogP contribution in [0.4, 0.5) is 11.4 Å². The number of anilines is 2. The molecule has 5 rings (SSSR count). The van der Waals surface area contributed by atoms with Crippen LogP contribution in [-0.2, 0) is 14.8 Å². The van der Waals surface area contributed by atoms with Crippen LogP contribution in [0.2, 0.25) is 0 Å². The molecule has 2 heterocycles. The Hall–Kier alpha value is -2.64. The molecule has 2 fully saturated rings. The van der Waals surface area contributed by atoms with Crippen molar-refractivity contribution in [3.8, 4) is 0 Å². The van der Waals surface area contributed by atoms with Crippen molar-refractivity contribution in [3.05, 3.63) is 59.2 Å². The molecule has 1 N–H and O–H groups in total. The molecule has 2 aromatic carbocycles. The lowest BCUT2D eigenvalue weighted by molar-refractivity contribution is -0.110. The number of piperazine rings is 1. The Balaban J connectivity index is 1.42. The number of hydrogen-bond donors (Lipinski definition) is 1. The van der Waals surface area contributed by atoms with Crippen LogP contribution in [0, 0.1) is 6.92 Å². The van der Waals surface area contributed by atoms with Gasteiger partial charge in [0.05, 0.1) is 4.90 Å². The summed E-state index contributed by atoms with van der Waals surface area (Å²) < 4.78 is 28.6. The summed E-state index contributed by atoms with van der Waals surface area (Å²) in [4.78, 5) is 15.1. The summed E-state index contributed by atoms with van der Waals surface area (Å²) in [6.07, 6.45) is 4.00. The highest BCUT2D eigenvalue weighted by atomic mass is 32.2. The van der Waals surface area contributed by atoms with Crippen LogP contribution in [0.5, 0.6) is 0 Å². The third-order valence-electron chi connectivity index (χ3n) is 6.86. The third kappa shape index (κ3) is 3.63. The standard InChI is InChI=1S/C25H29N3O3S/c1-17-6-5-9-20(14-17)28-13-12-27(16-18(28)2)32(30,31)21-10-11-23-22(15-21)24(25(29)26-23)19-7-3-4-8-19/h5-6,9-11,14-15,18H,3-4,7-8,12-13,16H2,1-2H3,(H,26,29)/t18-/m0/s1. The van der Waals surface area contributed by atoms with Gasteiger partial charge in [-0.15, -0.1) is 0 Å². The molecule has 0 aromatic heterocycles. The van der Waals surface area contributed by atoms with Crippen molar-refractivity contribution in [3.63, 3.8) is 0 Å². The molecule has 7 heteroatoms. The predicted molar refractivity (Wildman–Crippen MR) is 127 cm³/mol. The summed E-state index contributed by atoms with van der Waals surface area (Å²) in [5.41, 5.74) is 5.60. The topological polar surface area (TPSA) is 69.7 Å². The van der Waals surface area contributed by atoms with Crippen molar-refractivity contribution in [2.45, 2.75) is 50.5 Å². The van der Waals surface area contributed by atoms with E-state index in [2.05, 4.69) is 42.3 Å². The van der Waals surface area contributed by atoms with Gasteiger partial charge in [0.15, 0.2) is 0 Å². The molecule has 168 valence electrons. The first kappa shape index (κ1) is 21.2. The van der Waals surface area contributed by atoms with Crippen LogP contribution in [0.25, 0.3) is 5.57 Å². The van der Waals surface area contributed by atoms with Gasteiger partial charge in [0.25, 0.3) is 5.91 Å². The molecular weight excluding hydrogens is 422 g/mol. The van der Waals surface area contributed by atoms with Gasteiger partial charge in [0.2, 0.25) is 10.0 Å². The SMILES string of the molecule is Cc1cccc(N2CCN(S(=O)(=O)c3ccc4c(c3)C(=C3CCCC3)C(=O)N4)C[C@@H]2C)c1. The van der Waals surface area contributed by atoms with Gasteiger partial charge < -0.3 is 10.2 Å². The van der Waals surface area contributed by atoms with Crippen LogP contribution in [0.15, 0.2) is 52.9 Å². The molecule has 1 saturated heterocycles. The number of fused-ring (bicyclic) bond motifs is 1. The summed E-state index contributed by atoms with van der Waals surface area (Å²) in [5, 5.41) is 2.91. The van der Waals surface area contributed by atoms with Crippen LogP contribution in [-0.4, -0.2) is 44.3 Å². The third-order valence-corrected chi connectivity index (χ3v) is 8.72. The van der Waals surface area contributed by atoms with Gasteiger partial charge in [0.1, 0.15) is 0 Å². The molecule has 1 atom stereocenters. The highest BCUT2D eigenvalue weighted by Crippen LogP contribution is 2.40. The van der Waals surface area contributed by atoms with Gasteiger partial charge in [-0.25, -0.2) is 8.42 Å². The smallest absolute Gasteiger partial charge is 0.256 e. The maximum absolute atomic E-state index is 13.5. The molecule has 1 saturated carbocycles. The zero-order valence-electron chi connectivity index (χ0n) is 18.6. The van der Waals surface area contributed by atoms with E-state index in [1.807, 2.05) is 6.07 Å². The summed E-state index contributed by atoms with van der Waals surface area (Å²) in [6, 6.07) is 13.4. The lowest BCUT2D eigenvalue weighted by Crippen LogP contribution is -2.53. The Kier molecular flexibility index (Phi) is 5.34. The maximum atomic E-state index is 13.5. The first-order chi connectivity index (χ1) is 15.3. The number of nitrogens with zero attached hydrogens (tertiary/aromatic N) is 2. The van der Waals surface area contributed by atoms with Crippen molar-refractivity contribution in [1.29, 1.82) is 0 Å². The fourth-order valence-electron chi connectivity index (χ4n) is 5.19. The average Bonchev–Trinajstić information content (AvgIpc) is 3.39. The molecule has 3 aliphatic rings. The van der Waals surface area contributed by atoms with Gasteiger partial charge in [-0.2, -0.15) is 4.31 Å². The van der Waals surface area contributed by atoms with Gasteiger partial charge >= 0.3 is 0 Å². The maximum Gasteiger partial charge on any atom is 0.256 e. The first-order valence-corrected chi connectivity index (χ1v) is 12.8. The Morgan fingerprint density at radius 3 is 2.53 bits per heavy atom. The van der Waals surface area contributed by atoms with E-state index in [0.717, 1.165) is 42.5 Å². The zero-order chi connectivity index (χ0) is 22.5. The summed E-state index contributed by atoms with van der Waals surface area (Å²) >= 11 is 0. The van der Waals surface area contributed by atoms with Crippen molar-refractivity contribution in [2.75, 3.05) is 29.9 Å². The largest absolute Gasteiger partial charge is 0.366 e. The molecule has 0 radical (unpaired) electrons. The van der Waals surface area contributed by atoms with E-state index in [0.29, 0.717) is 30.9 Å². The van der Waals surface area contributed by atoms with E-state index in [1.165, 1.54) is 5.56 Å².